The quantitative estimate of drug-likeness (QED) is 0.692. The van der Waals surface area contributed by atoms with Crippen LogP contribution >= 0.6 is 0 Å². The molecular formula is C16H13FN2O3S. The SMILES string of the molecule is CC(=O)c1nc2ccn(S(=O)(=O)c3ccc(C)cc3)c2cc1F. The zero-order valence-corrected chi connectivity index (χ0v) is 13.3. The Morgan fingerprint density at radius 3 is 2.43 bits per heavy atom. The molecule has 0 fully saturated rings. The first-order valence-corrected chi connectivity index (χ1v) is 8.25. The van der Waals surface area contributed by atoms with Gasteiger partial charge in [0.1, 0.15) is 5.69 Å². The number of aromatic nitrogens is 2. The minimum Gasteiger partial charge on any atom is -0.293 e. The molecule has 0 spiro atoms. The molecule has 0 bridgehead atoms. The number of nitrogens with zero attached hydrogens (tertiary/aromatic N) is 2. The van der Waals surface area contributed by atoms with Gasteiger partial charge in [-0.3, -0.25) is 4.79 Å². The predicted molar refractivity (Wildman–Crippen MR) is 83.5 cm³/mol. The molecule has 23 heavy (non-hydrogen) atoms. The molecule has 2 heterocycles. The van der Waals surface area contributed by atoms with Gasteiger partial charge in [0.2, 0.25) is 0 Å². The number of hydrogen-bond donors (Lipinski definition) is 0. The Morgan fingerprint density at radius 2 is 1.83 bits per heavy atom. The van der Waals surface area contributed by atoms with Crippen LogP contribution in [0.5, 0.6) is 0 Å². The Hall–Kier alpha value is -2.54. The molecule has 3 aromatic rings. The van der Waals surface area contributed by atoms with Gasteiger partial charge in [0.15, 0.2) is 11.6 Å². The average molecular weight is 332 g/mol. The van der Waals surface area contributed by atoms with E-state index in [0.29, 0.717) is 0 Å². The van der Waals surface area contributed by atoms with E-state index in [2.05, 4.69) is 4.98 Å². The molecule has 3 rings (SSSR count). The van der Waals surface area contributed by atoms with Gasteiger partial charge in [0.25, 0.3) is 10.0 Å². The molecule has 0 aliphatic carbocycles. The average Bonchev–Trinajstić information content (AvgIpc) is 2.90. The normalized spacial score (nSPS) is 11.8. The molecule has 0 amide bonds. The van der Waals surface area contributed by atoms with Crippen molar-refractivity contribution in [2.75, 3.05) is 0 Å². The molecule has 1 aromatic carbocycles. The molecule has 118 valence electrons. The van der Waals surface area contributed by atoms with Gasteiger partial charge < -0.3 is 0 Å². The summed E-state index contributed by atoms with van der Waals surface area (Å²) >= 11 is 0. The molecule has 0 aliphatic heterocycles. The fraction of sp³-hybridized carbons (Fsp3) is 0.125. The maximum atomic E-state index is 14.0. The minimum atomic E-state index is -3.86. The monoisotopic (exact) mass is 332 g/mol. The number of benzene rings is 1. The lowest BCUT2D eigenvalue weighted by atomic mass is 10.2. The number of Topliss-reactive ketones (excluding diaryl/α,β-unsaturated/α-hetero) is 1. The maximum Gasteiger partial charge on any atom is 0.268 e. The topological polar surface area (TPSA) is 69.0 Å². The molecule has 5 nitrogen and oxygen atoms in total. The molecular weight excluding hydrogens is 319 g/mol. The van der Waals surface area contributed by atoms with E-state index < -0.39 is 21.6 Å². The number of ketones is 1. The van der Waals surface area contributed by atoms with Crippen molar-refractivity contribution in [1.82, 2.24) is 8.96 Å². The smallest absolute Gasteiger partial charge is 0.268 e. The van der Waals surface area contributed by atoms with Crippen molar-refractivity contribution in [3.05, 3.63) is 59.7 Å². The van der Waals surface area contributed by atoms with Gasteiger partial charge >= 0.3 is 0 Å². The van der Waals surface area contributed by atoms with Crippen LogP contribution in [0.4, 0.5) is 4.39 Å². The molecule has 0 radical (unpaired) electrons. The Kier molecular flexibility index (Phi) is 3.52. The fourth-order valence-electron chi connectivity index (χ4n) is 2.29. The number of aryl methyl sites for hydroxylation is 1. The van der Waals surface area contributed by atoms with E-state index in [-0.39, 0.29) is 21.6 Å². The summed E-state index contributed by atoms with van der Waals surface area (Å²) < 4.78 is 40.3. The number of fused-ring (bicyclic) bond motifs is 1. The van der Waals surface area contributed by atoms with Crippen molar-refractivity contribution in [2.45, 2.75) is 18.7 Å². The molecule has 0 saturated heterocycles. The highest BCUT2D eigenvalue weighted by molar-refractivity contribution is 7.90. The Labute approximate surface area is 132 Å². The van der Waals surface area contributed by atoms with Crippen LogP contribution in [0.1, 0.15) is 23.0 Å². The molecule has 0 N–H and O–H groups in total. The predicted octanol–water partition coefficient (Wildman–Crippen LogP) is 2.92. The van der Waals surface area contributed by atoms with Crippen LogP contribution in [0, 0.1) is 12.7 Å². The lowest BCUT2D eigenvalue weighted by Gasteiger charge is -2.08. The Bertz CT molecular complexity index is 1020. The number of halogens is 1. The summed E-state index contributed by atoms with van der Waals surface area (Å²) in [5, 5.41) is 0. The summed E-state index contributed by atoms with van der Waals surface area (Å²) in [4.78, 5) is 15.3. The van der Waals surface area contributed by atoms with Gasteiger partial charge in [-0.1, -0.05) is 17.7 Å². The van der Waals surface area contributed by atoms with Crippen molar-refractivity contribution in [3.63, 3.8) is 0 Å². The molecule has 2 aromatic heterocycles. The lowest BCUT2D eigenvalue weighted by molar-refractivity contribution is 0.100. The molecule has 7 heteroatoms. The fourth-order valence-corrected chi connectivity index (χ4v) is 3.62. The summed E-state index contributed by atoms with van der Waals surface area (Å²) in [5.74, 6) is -1.36. The summed E-state index contributed by atoms with van der Waals surface area (Å²) in [6.45, 7) is 3.06. The van der Waals surface area contributed by atoms with E-state index >= 15 is 0 Å². The minimum absolute atomic E-state index is 0.0908. The lowest BCUT2D eigenvalue weighted by Crippen LogP contribution is -2.12. The number of pyridine rings is 1. The van der Waals surface area contributed by atoms with Gasteiger partial charge in [-0.05, 0) is 25.1 Å². The van der Waals surface area contributed by atoms with Crippen LogP contribution in [-0.2, 0) is 10.0 Å². The standard InChI is InChI=1S/C16H13FN2O3S/c1-10-3-5-12(6-4-10)23(21,22)19-8-7-14-15(19)9-13(17)16(18-14)11(2)20/h3-9H,1-2H3. The number of hydrogen-bond acceptors (Lipinski definition) is 4. The van der Waals surface area contributed by atoms with Crippen molar-refractivity contribution in [2.24, 2.45) is 0 Å². The van der Waals surface area contributed by atoms with E-state index in [1.807, 2.05) is 6.92 Å². The van der Waals surface area contributed by atoms with Crippen molar-refractivity contribution < 1.29 is 17.6 Å². The summed E-state index contributed by atoms with van der Waals surface area (Å²) in [5.41, 5.74) is 0.962. The van der Waals surface area contributed by atoms with Crippen molar-refractivity contribution in [1.29, 1.82) is 0 Å². The molecule has 0 saturated carbocycles. The van der Waals surface area contributed by atoms with E-state index in [1.54, 1.807) is 12.1 Å². The molecule has 0 unspecified atom stereocenters. The molecule has 0 atom stereocenters. The number of carbonyl (C=O) groups excluding carboxylic acids is 1. The summed E-state index contributed by atoms with van der Waals surface area (Å²) in [6, 6.07) is 8.81. The van der Waals surface area contributed by atoms with E-state index in [9.17, 15) is 17.6 Å². The Balaban J connectivity index is 2.22. The van der Waals surface area contributed by atoms with Crippen LogP contribution in [0.25, 0.3) is 11.0 Å². The first kappa shape index (κ1) is 15.4. The van der Waals surface area contributed by atoms with Crippen molar-refractivity contribution >= 4 is 26.8 Å². The van der Waals surface area contributed by atoms with Crippen LogP contribution in [-0.4, -0.2) is 23.2 Å². The van der Waals surface area contributed by atoms with Crippen LogP contribution in [0.2, 0.25) is 0 Å². The Morgan fingerprint density at radius 1 is 1.17 bits per heavy atom. The van der Waals surface area contributed by atoms with Gasteiger partial charge in [-0.25, -0.2) is 21.8 Å². The van der Waals surface area contributed by atoms with Crippen LogP contribution in [0.15, 0.2) is 47.5 Å². The zero-order valence-electron chi connectivity index (χ0n) is 12.4. The van der Waals surface area contributed by atoms with Gasteiger partial charge in [-0.2, -0.15) is 0 Å². The third-order valence-electron chi connectivity index (χ3n) is 3.50. The van der Waals surface area contributed by atoms with E-state index in [0.717, 1.165) is 15.6 Å². The highest BCUT2D eigenvalue weighted by Crippen LogP contribution is 2.23. The number of carbonyl (C=O) groups is 1. The second-order valence-electron chi connectivity index (χ2n) is 5.21. The highest BCUT2D eigenvalue weighted by atomic mass is 32.2. The van der Waals surface area contributed by atoms with Gasteiger partial charge in [-0.15, -0.1) is 0 Å². The van der Waals surface area contributed by atoms with E-state index in [4.69, 9.17) is 0 Å². The largest absolute Gasteiger partial charge is 0.293 e. The number of rotatable bonds is 3. The summed E-state index contributed by atoms with van der Waals surface area (Å²) in [7, 11) is -3.86. The second-order valence-corrected chi connectivity index (χ2v) is 7.02. The van der Waals surface area contributed by atoms with Crippen molar-refractivity contribution in [3.8, 4) is 0 Å². The highest BCUT2D eigenvalue weighted by Gasteiger charge is 2.21. The summed E-state index contributed by atoms with van der Waals surface area (Å²) in [6.07, 6.45) is 1.30. The van der Waals surface area contributed by atoms with Gasteiger partial charge in [0, 0.05) is 19.2 Å². The van der Waals surface area contributed by atoms with E-state index in [1.165, 1.54) is 31.3 Å². The zero-order chi connectivity index (χ0) is 16.8. The van der Waals surface area contributed by atoms with Crippen LogP contribution in [0.3, 0.4) is 0 Å². The molecule has 0 aliphatic rings. The first-order valence-electron chi connectivity index (χ1n) is 6.81. The van der Waals surface area contributed by atoms with Crippen LogP contribution < -0.4 is 0 Å². The second kappa shape index (κ2) is 5.27. The maximum absolute atomic E-state index is 14.0. The third-order valence-corrected chi connectivity index (χ3v) is 5.21. The first-order chi connectivity index (χ1) is 10.8. The van der Waals surface area contributed by atoms with Gasteiger partial charge in [0.05, 0.1) is 15.9 Å². The third kappa shape index (κ3) is 2.53.